The van der Waals surface area contributed by atoms with Crippen molar-refractivity contribution in [3.05, 3.63) is 83.0 Å². The van der Waals surface area contributed by atoms with Gasteiger partial charge in [-0.2, -0.15) is 0 Å². The molecule has 0 saturated heterocycles. The minimum absolute atomic E-state index is 0.532. The van der Waals surface area contributed by atoms with E-state index in [9.17, 15) is 0 Å². The summed E-state index contributed by atoms with van der Waals surface area (Å²) in [6.07, 6.45) is 1.78. The molecule has 0 aliphatic rings. The summed E-state index contributed by atoms with van der Waals surface area (Å²) in [5.74, 6) is 2.73. The minimum Gasteiger partial charge on any atom is -0.497 e. The predicted octanol–water partition coefficient (Wildman–Crippen LogP) is 4.40. The Morgan fingerprint density at radius 1 is 0.897 bits per heavy atom. The molecule has 1 aromatic heterocycles. The zero-order valence-corrected chi connectivity index (χ0v) is 17.1. The highest BCUT2D eigenvalue weighted by atomic mass is 35.5. The second-order valence-electron chi connectivity index (χ2n) is 6.19. The highest BCUT2D eigenvalue weighted by Crippen LogP contribution is 2.22. The van der Waals surface area contributed by atoms with E-state index in [0.717, 1.165) is 21.9 Å². The first-order valence-corrected chi connectivity index (χ1v) is 9.50. The highest BCUT2D eigenvalue weighted by molar-refractivity contribution is 6.30. The van der Waals surface area contributed by atoms with Crippen LogP contribution < -0.4 is 20.1 Å². The highest BCUT2D eigenvalue weighted by Gasteiger charge is 2.02. The van der Waals surface area contributed by atoms with E-state index in [1.54, 1.807) is 20.4 Å². The molecule has 3 aromatic rings. The average Bonchev–Trinajstić information content (AvgIpc) is 2.76. The molecule has 0 amide bonds. The van der Waals surface area contributed by atoms with Crippen LogP contribution in [0.2, 0.25) is 5.02 Å². The lowest BCUT2D eigenvalue weighted by molar-refractivity contribution is 0.412. The van der Waals surface area contributed by atoms with E-state index in [2.05, 4.69) is 20.6 Å². The van der Waals surface area contributed by atoms with Crippen LogP contribution in [0.4, 0.5) is 0 Å². The molecule has 0 unspecified atom stereocenters. The van der Waals surface area contributed by atoms with E-state index in [4.69, 9.17) is 21.1 Å². The summed E-state index contributed by atoms with van der Waals surface area (Å²) < 4.78 is 10.9. The molecule has 0 radical (unpaired) electrons. The van der Waals surface area contributed by atoms with Gasteiger partial charge in [0.15, 0.2) is 5.96 Å². The molecular formula is C22H23ClN4O2. The Bertz CT molecular complexity index is 927. The number of guanidine groups is 1. The lowest BCUT2D eigenvalue weighted by Gasteiger charge is -2.12. The SMILES string of the molecule is CN=C(NCc1ccc(Cl)cc1)NCc1ccc(Oc2ccc(OC)cc2)nc1. The average molecular weight is 411 g/mol. The lowest BCUT2D eigenvalue weighted by atomic mass is 10.2. The number of methoxy groups -OCH3 is 1. The van der Waals surface area contributed by atoms with Crippen LogP contribution in [0.3, 0.4) is 0 Å². The molecule has 7 heteroatoms. The van der Waals surface area contributed by atoms with E-state index in [-0.39, 0.29) is 0 Å². The summed E-state index contributed by atoms with van der Waals surface area (Å²) in [5.41, 5.74) is 2.14. The Labute approximate surface area is 175 Å². The van der Waals surface area contributed by atoms with Crippen molar-refractivity contribution in [3.63, 3.8) is 0 Å². The fourth-order valence-electron chi connectivity index (χ4n) is 2.53. The van der Waals surface area contributed by atoms with Gasteiger partial charge in [-0.3, -0.25) is 4.99 Å². The fourth-order valence-corrected chi connectivity index (χ4v) is 2.66. The van der Waals surface area contributed by atoms with Gasteiger partial charge in [-0.1, -0.05) is 29.8 Å². The number of aromatic nitrogens is 1. The maximum Gasteiger partial charge on any atom is 0.219 e. The molecule has 0 saturated carbocycles. The lowest BCUT2D eigenvalue weighted by Crippen LogP contribution is -2.36. The number of hydrogen-bond donors (Lipinski definition) is 2. The van der Waals surface area contributed by atoms with Crippen LogP contribution in [-0.2, 0) is 13.1 Å². The van der Waals surface area contributed by atoms with Crippen molar-refractivity contribution in [3.8, 4) is 17.4 Å². The number of pyridine rings is 1. The molecule has 1 heterocycles. The molecule has 3 rings (SSSR count). The number of rotatable bonds is 7. The largest absolute Gasteiger partial charge is 0.497 e. The summed E-state index contributed by atoms with van der Waals surface area (Å²) in [6, 6.07) is 18.9. The molecule has 0 bridgehead atoms. The van der Waals surface area contributed by atoms with Crippen LogP contribution in [0.5, 0.6) is 17.4 Å². The number of ether oxygens (including phenoxy) is 2. The van der Waals surface area contributed by atoms with E-state index < -0.39 is 0 Å². The summed E-state index contributed by atoms with van der Waals surface area (Å²) in [4.78, 5) is 8.59. The Morgan fingerprint density at radius 3 is 2.10 bits per heavy atom. The van der Waals surface area contributed by atoms with Crippen molar-refractivity contribution in [1.29, 1.82) is 0 Å². The normalized spacial score (nSPS) is 11.1. The summed E-state index contributed by atoms with van der Waals surface area (Å²) in [6.45, 7) is 1.25. The fraction of sp³-hybridized carbons (Fsp3) is 0.182. The summed E-state index contributed by atoms with van der Waals surface area (Å²) in [5, 5.41) is 7.26. The number of nitrogens with zero attached hydrogens (tertiary/aromatic N) is 2. The molecule has 0 aliphatic heterocycles. The molecule has 2 N–H and O–H groups in total. The molecule has 6 nitrogen and oxygen atoms in total. The standard InChI is InChI=1S/C22H23ClN4O2/c1-24-22(26-13-16-3-6-18(23)7-4-16)27-15-17-5-12-21(25-14-17)29-20-10-8-19(28-2)9-11-20/h3-12,14H,13,15H2,1-2H3,(H2,24,26,27). The van der Waals surface area contributed by atoms with Gasteiger partial charge in [-0.25, -0.2) is 4.98 Å². The second-order valence-corrected chi connectivity index (χ2v) is 6.62. The minimum atomic E-state index is 0.532. The molecule has 0 fully saturated rings. The van der Waals surface area contributed by atoms with Crippen molar-refractivity contribution < 1.29 is 9.47 Å². The van der Waals surface area contributed by atoms with Crippen LogP contribution in [0, 0.1) is 0 Å². The molecule has 2 aromatic carbocycles. The summed E-state index contributed by atoms with van der Waals surface area (Å²) >= 11 is 5.91. The molecule has 29 heavy (non-hydrogen) atoms. The van der Waals surface area contributed by atoms with E-state index >= 15 is 0 Å². The summed E-state index contributed by atoms with van der Waals surface area (Å²) in [7, 11) is 3.37. The number of hydrogen-bond acceptors (Lipinski definition) is 4. The third-order valence-corrected chi connectivity index (χ3v) is 4.39. The van der Waals surface area contributed by atoms with E-state index in [1.165, 1.54) is 0 Å². The van der Waals surface area contributed by atoms with Crippen molar-refractivity contribution in [2.24, 2.45) is 4.99 Å². The van der Waals surface area contributed by atoms with Crippen molar-refractivity contribution in [2.45, 2.75) is 13.1 Å². The number of halogens is 1. The van der Waals surface area contributed by atoms with E-state index in [0.29, 0.717) is 30.7 Å². The van der Waals surface area contributed by atoms with Gasteiger partial charge in [-0.15, -0.1) is 0 Å². The zero-order chi connectivity index (χ0) is 20.5. The smallest absolute Gasteiger partial charge is 0.219 e. The maximum absolute atomic E-state index is 5.91. The van der Waals surface area contributed by atoms with Crippen molar-refractivity contribution in [2.75, 3.05) is 14.2 Å². The first kappa shape index (κ1) is 20.5. The van der Waals surface area contributed by atoms with Gasteiger partial charge in [-0.05, 0) is 47.5 Å². The van der Waals surface area contributed by atoms with Gasteiger partial charge in [0, 0.05) is 37.4 Å². The predicted molar refractivity (Wildman–Crippen MR) is 116 cm³/mol. The van der Waals surface area contributed by atoms with Crippen LogP contribution in [0.15, 0.2) is 71.9 Å². The number of aliphatic imine (C=N–C) groups is 1. The second kappa shape index (κ2) is 10.3. The van der Waals surface area contributed by atoms with Crippen LogP contribution in [-0.4, -0.2) is 25.1 Å². The molecule has 0 atom stereocenters. The van der Waals surface area contributed by atoms with Crippen LogP contribution >= 0.6 is 11.6 Å². The monoisotopic (exact) mass is 410 g/mol. The first-order valence-electron chi connectivity index (χ1n) is 9.12. The molecule has 0 aliphatic carbocycles. The van der Waals surface area contributed by atoms with Gasteiger partial charge in [0.2, 0.25) is 5.88 Å². The third-order valence-electron chi connectivity index (χ3n) is 4.14. The van der Waals surface area contributed by atoms with Gasteiger partial charge in [0.25, 0.3) is 0 Å². The van der Waals surface area contributed by atoms with E-state index in [1.807, 2.05) is 60.7 Å². The maximum atomic E-state index is 5.91. The topological polar surface area (TPSA) is 67.8 Å². The van der Waals surface area contributed by atoms with Crippen LogP contribution in [0.1, 0.15) is 11.1 Å². The Morgan fingerprint density at radius 2 is 1.52 bits per heavy atom. The van der Waals surface area contributed by atoms with Gasteiger partial charge in [0.05, 0.1) is 7.11 Å². The Hall–Kier alpha value is -3.25. The van der Waals surface area contributed by atoms with Crippen molar-refractivity contribution in [1.82, 2.24) is 15.6 Å². The number of benzene rings is 2. The third kappa shape index (κ3) is 6.40. The van der Waals surface area contributed by atoms with Crippen molar-refractivity contribution >= 4 is 17.6 Å². The Balaban J connectivity index is 1.48. The number of nitrogens with one attached hydrogen (secondary N) is 2. The van der Waals surface area contributed by atoms with Gasteiger partial charge in [0.1, 0.15) is 11.5 Å². The first-order chi connectivity index (χ1) is 14.2. The zero-order valence-electron chi connectivity index (χ0n) is 16.4. The molecule has 0 spiro atoms. The quantitative estimate of drug-likeness (QED) is 0.446. The van der Waals surface area contributed by atoms with Crippen LogP contribution in [0.25, 0.3) is 0 Å². The molecule has 150 valence electrons. The van der Waals surface area contributed by atoms with Gasteiger partial charge >= 0.3 is 0 Å². The Kier molecular flexibility index (Phi) is 7.30. The van der Waals surface area contributed by atoms with Gasteiger partial charge < -0.3 is 20.1 Å². The molecular weight excluding hydrogens is 388 g/mol.